The molecule has 0 unspecified atom stereocenters. The zero-order chi connectivity index (χ0) is 18.7. The van der Waals surface area contributed by atoms with Crippen molar-refractivity contribution in [3.63, 3.8) is 0 Å². The van der Waals surface area contributed by atoms with E-state index in [9.17, 15) is 14.7 Å². The van der Waals surface area contributed by atoms with Crippen molar-refractivity contribution in [2.45, 2.75) is 20.3 Å². The topological polar surface area (TPSA) is 100 Å². The minimum atomic E-state index is -0.981. The van der Waals surface area contributed by atoms with Crippen molar-refractivity contribution in [2.75, 3.05) is 6.54 Å². The molecule has 0 aliphatic rings. The molecular formula is C19H20N4O3. The minimum absolute atomic E-state index is 0.204. The summed E-state index contributed by atoms with van der Waals surface area (Å²) in [7, 11) is 0. The van der Waals surface area contributed by atoms with Gasteiger partial charge in [0.1, 0.15) is 0 Å². The van der Waals surface area contributed by atoms with Crippen molar-refractivity contribution in [2.24, 2.45) is 0 Å². The predicted molar refractivity (Wildman–Crippen MR) is 96.8 cm³/mol. The Balaban J connectivity index is 1.87. The number of aromatic nitrogens is 3. The van der Waals surface area contributed by atoms with Gasteiger partial charge in [-0.3, -0.25) is 4.79 Å². The summed E-state index contributed by atoms with van der Waals surface area (Å²) in [5.74, 6) is -1.18. The molecule has 0 atom stereocenters. The summed E-state index contributed by atoms with van der Waals surface area (Å²) in [4.78, 5) is 31.0. The van der Waals surface area contributed by atoms with E-state index in [1.807, 2.05) is 19.1 Å². The Morgan fingerprint density at radius 3 is 2.65 bits per heavy atom. The summed E-state index contributed by atoms with van der Waals surface area (Å²) in [6, 6.07) is 8.79. The van der Waals surface area contributed by atoms with Crippen molar-refractivity contribution < 1.29 is 14.7 Å². The molecule has 0 saturated heterocycles. The highest BCUT2D eigenvalue weighted by molar-refractivity contribution is 5.98. The van der Waals surface area contributed by atoms with Crippen LogP contribution >= 0.6 is 0 Å². The first-order valence-electron chi connectivity index (χ1n) is 8.26. The van der Waals surface area contributed by atoms with Gasteiger partial charge in [-0.2, -0.15) is 0 Å². The average molecular weight is 352 g/mol. The smallest absolute Gasteiger partial charge is 0.337 e. The number of nitrogens with one attached hydrogen (secondary N) is 2. The Bertz CT molecular complexity index is 942. The maximum Gasteiger partial charge on any atom is 0.337 e. The van der Waals surface area contributed by atoms with Gasteiger partial charge in [-0.15, -0.1) is 0 Å². The van der Waals surface area contributed by atoms with Crippen molar-refractivity contribution in [3.8, 4) is 5.69 Å². The highest BCUT2D eigenvalue weighted by atomic mass is 16.4. The highest BCUT2D eigenvalue weighted by Gasteiger charge is 2.19. The molecular weight excluding hydrogens is 332 g/mol. The van der Waals surface area contributed by atoms with E-state index in [2.05, 4.69) is 15.3 Å². The Morgan fingerprint density at radius 1 is 1.23 bits per heavy atom. The van der Waals surface area contributed by atoms with Gasteiger partial charge in [0.05, 0.1) is 23.1 Å². The number of carbonyl (C=O) groups is 2. The number of carbonyl (C=O) groups excluding carboxylic acids is 1. The van der Waals surface area contributed by atoms with Gasteiger partial charge < -0.3 is 20.0 Å². The number of hydrogen-bond donors (Lipinski definition) is 3. The molecule has 7 heteroatoms. The van der Waals surface area contributed by atoms with Gasteiger partial charge in [0.25, 0.3) is 5.91 Å². The molecule has 0 spiro atoms. The van der Waals surface area contributed by atoms with Crippen LogP contribution in [0.2, 0.25) is 0 Å². The van der Waals surface area contributed by atoms with Crippen molar-refractivity contribution in [3.05, 3.63) is 71.1 Å². The van der Waals surface area contributed by atoms with Gasteiger partial charge in [0.2, 0.25) is 0 Å². The molecule has 0 bridgehead atoms. The molecule has 3 rings (SSSR count). The Hall–Kier alpha value is -3.35. The number of aromatic carboxylic acids is 1. The summed E-state index contributed by atoms with van der Waals surface area (Å²) in [6.07, 6.45) is 3.98. The number of hydrogen-bond acceptors (Lipinski definition) is 3. The molecule has 3 N–H and O–H groups in total. The number of aryl methyl sites for hydroxylation is 1. The maximum absolute atomic E-state index is 12.7. The first-order valence-corrected chi connectivity index (χ1v) is 8.26. The number of nitrogens with zero attached hydrogens (tertiary/aromatic N) is 2. The second-order valence-electron chi connectivity index (χ2n) is 6.03. The molecule has 0 aliphatic carbocycles. The van der Waals surface area contributed by atoms with Crippen LogP contribution in [0.1, 0.15) is 37.8 Å². The number of benzene rings is 1. The quantitative estimate of drug-likeness (QED) is 0.634. The van der Waals surface area contributed by atoms with Crippen LogP contribution < -0.4 is 5.32 Å². The van der Waals surface area contributed by atoms with Gasteiger partial charge in [-0.05, 0) is 32.0 Å². The van der Waals surface area contributed by atoms with Gasteiger partial charge in [-0.1, -0.05) is 12.1 Å². The van der Waals surface area contributed by atoms with Crippen LogP contribution in [0.15, 0.2) is 42.9 Å². The molecule has 2 heterocycles. The largest absolute Gasteiger partial charge is 0.478 e. The molecule has 1 amide bonds. The van der Waals surface area contributed by atoms with E-state index in [0.29, 0.717) is 29.9 Å². The van der Waals surface area contributed by atoms with Gasteiger partial charge in [0, 0.05) is 36.2 Å². The molecule has 134 valence electrons. The molecule has 0 radical (unpaired) electrons. The molecule has 2 aromatic heterocycles. The lowest BCUT2D eigenvalue weighted by Gasteiger charge is -2.14. The summed E-state index contributed by atoms with van der Waals surface area (Å²) in [6.45, 7) is 4.04. The van der Waals surface area contributed by atoms with E-state index in [0.717, 1.165) is 11.4 Å². The maximum atomic E-state index is 12.7. The minimum Gasteiger partial charge on any atom is -0.478 e. The average Bonchev–Trinajstić information content (AvgIpc) is 3.23. The molecule has 0 fully saturated rings. The lowest BCUT2D eigenvalue weighted by Crippen LogP contribution is -2.27. The number of amides is 1. The number of H-pyrrole nitrogens is 1. The van der Waals surface area contributed by atoms with Crippen LogP contribution in [-0.4, -0.2) is 38.1 Å². The standard InChI is InChI=1S/C19H20N4O3/c1-12-9-16(19(25)26)13(2)23(12)17-6-4-3-5-15(17)18(24)21-8-7-14-10-20-11-22-14/h3-6,9-11H,7-8H2,1-2H3,(H,20,22)(H,21,24)(H,25,26). The van der Waals surface area contributed by atoms with Crippen LogP contribution in [0.3, 0.4) is 0 Å². The third-order valence-corrected chi connectivity index (χ3v) is 4.29. The first-order chi connectivity index (χ1) is 12.5. The van der Waals surface area contributed by atoms with E-state index in [1.165, 1.54) is 0 Å². The Kier molecular flexibility index (Phi) is 4.88. The molecule has 26 heavy (non-hydrogen) atoms. The lowest BCUT2D eigenvalue weighted by atomic mass is 10.1. The van der Waals surface area contributed by atoms with E-state index < -0.39 is 5.97 Å². The summed E-state index contributed by atoms with van der Waals surface area (Å²) in [5.41, 5.74) is 3.69. The molecule has 0 saturated carbocycles. The van der Waals surface area contributed by atoms with E-state index >= 15 is 0 Å². The zero-order valence-electron chi connectivity index (χ0n) is 14.6. The molecule has 3 aromatic rings. The van der Waals surface area contributed by atoms with Crippen LogP contribution in [0.5, 0.6) is 0 Å². The van der Waals surface area contributed by atoms with Crippen LogP contribution in [0, 0.1) is 13.8 Å². The number of aromatic amines is 1. The van der Waals surface area contributed by atoms with E-state index in [4.69, 9.17) is 0 Å². The predicted octanol–water partition coefficient (Wildman–Crippen LogP) is 2.49. The molecule has 7 nitrogen and oxygen atoms in total. The molecule has 0 aliphatic heterocycles. The van der Waals surface area contributed by atoms with Crippen LogP contribution in [0.4, 0.5) is 0 Å². The summed E-state index contributed by atoms with van der Waals surface area (Å²) >= 11 is 0. The second-order valence-corrected chi connectivity index (χ2v) is 6.03. The molecule has 1 aromatic carbocycles. The fourth-order valence-electron chi connectivity index (χ4n) is 3.04. The number of para-hydroxylation sites is 1. The lowest BCUT2D eigenvalue weighted by molar-refractivity contribution is 0.0696. The zero-order valence-corrected chi connectivity index (χ0v) is 14.6. The fraction of sp³-hybridized carbons (Fsp3) is 0.211. The van der Waals surface area contributed by atoms with Gasteiger partial charge in [-0.25, -0.2) is 9.78 Å². The van der Waals surface area contributed by atoms with E-state index in [1.54, 1.807) is 42.2 Å². The summed E-state index contributed by atoms with van der Waals surface area (Å²) in [5, 5.41) is 12.2. The van der Waals surface area contributed by atoms with Crippen molar-refractivity contribution >= 4 is 11.9 Å². The second kappa shape index (κ2) is 7.26. The Labute approximate surface area is 150 Å². The number of carboxylic acids is 1. The number of rotatable bonds is 6. The van der Waals surface area contributed by atoms with Crippen molar-refractivity contribution in [1.29, 1.82) is 0 Å². The number of carboxylic acid groups (broad SMARTS) is 1. The third kappa shape index (κ3) is 3.37. The summed E-state index contributed by atoms with van der Waals surface area (Å²) < 4.78 is 1.80. The normalized spacial score (nSPS) is 10.7. The van der Waals surface area contributed by atoms with Crippen molar-refractivity contribution in [1.82, 2.24) is 19.9 Å². The van der Waals surface area contributed by atoms with Gasteiger partial charge >= 0.3 is 5.97 Å². The van der Waals surface area contributed by atoms with Gasteiger partial charge in [0.15, 0.2) is 0 Å². The highest BCUT2D eigenvalue weighted by Crippen LogP contribution is 2.23. The van der Waals surface area contributed by atoms with Crippen LogP contribution in [0.25, 0.3) is 5.69 Å². The van der Waals surface area contributed by atoms with E-state index in [-0.39, 0.29) is 11.5 Å². The first kappa shape index (κ1) is 17.5. The van der Waals surface area contributed by atoms with Crippen LogP contribution in [-0.2, 0) is 6.42 Å². The SMILES string of the molecule is Cc1cc(C(=O)O)c(C)n1-c1ccccc1C(=O)NCCc1cnc[nH]1. The fourth-order valence-corrected chi connectivity index (χ4v) is 3.04. The Morgan fingerprint density at radius 2 is 2.00 bits per heavy atom. The number of imidazole rings is 1. The third-order valence-electron chi connectivity index (χ3n) is 4.29. The monoisotopic (exact) mass is 352 g/mol.